The molecule has 2 unspecified atom stereocenters. The zero-order valence-corrected chi connectivity index (χ0v) is 22.9. The summed E-state index contributed by atoms with van der Waals surface area (Å²) in [5, 5.41) is 3.51. The lowest BCUT2D eigenvalue weighted by Gasteiger charge is -2.40. The van der Waals surface area contributed by atoms with Gasteiger partial charge in [0.05, 0.1) is 25.2 Å². The minimum absolute atomic E-state index is 0.0935. The number of hydrogen-bond acceptors (Lipinski definition) is 5. The Morgan fingerprint density at radius 3 is 2.25 bits per heavy atom. The quantitative estimate of drug-likeness (QED) is 0.232. The largest absolute Gasteiger partial charge is 0.494 e. The fourth-order valence-electron chi connectivity index (χ4n) is 5.44. The molecule has 1 aliphatic heterocycles. The normalized spacial score (nSPS) is 16.4. The Balaban J connectivity index is 1.89. The molecular weight excluding hydrogens is 448 g/mol. The molecule has 0 aromatic heterocycles. The van der Waals surface area contributed by atoms with Crippen molar-refractivity contribution in [3.05, 3.63) is 59.7 Å². The Hall–Kier alpha value is -2.37. The Kier molecular flexibility index (Phi) is 11.3. The van der Waals surface area contributed by atoms with E-state index in [0.29, 0.717) is 6.42 Å². The van der Waals surface area contributed by atoms with Gasteiger partial charge in [-0.15, -0.1) is 0 Å². The summed E-state index contributed by atoms with van der Waals surface area (Å²) in [4.78, 5) is 16.7. The maximum Gasteiger partial charge on any atom is 0.170 e. The van der Waals surface area contributed by atoms with Gasteiger partial charge in [0.1, 0.15) is 5.75 Å². The number of ether oxygens (including phenoxy) is 2. The molecule has 2 aromatic rings. The highest BCUT2D eigenvalue weighted by Gasteiger charge is 2.44. The zero-order chi connectivity index (χ0) is 25.8. The molecule has 1 fully saturated rings. The molecule has 0 amide bonds. The highest BCUT2D eigenvalue weighted by Crippen LogP contribution is 2.39. The first-order valence-corrected chi connectivity index (χ1v) is 13.9. The van der Waals surface area contributed by atoms with Crippen LogP contribution in [0.4, 0.5) is 5.69 Å². The van der Waals surface area contributed by atoms with Gasteiger partial charge in [-0.3, -0.25) is 4.79 Å². The van der Waals surface area contributed by atoms with Gasteiger partial charge >= 0.3 is 0 Å². The molecule has 5 nitrogen and oxygen atoms in total. The summed E-state index contributed by atoms with van der Waals surface area (Å²) in [7, 11) is 1.99. The first kappa shape index (κ1) is 28.2. The van der Waals surface area contributed by atoms with E-state index in [-0.39, 0.29) is 11.8 Å². The first-order valence-electron chi connectivity index (χ1n) is 13.9. The second-order valence-electron chi connectivity index (χ2n) is 10.0. The fourth-order valence-corrected chi connectivity index (χ4v) is 5.44. The van der Waals surface area contributed by atoms with Gasteiger partial charge in [0.15, 0.2) is 5.78 Å². The van der Waals surface area contributed by atoms with Crippen molar-refractivity contribution in [2.75, 3.05) is 44.9 Å². The van der Waals surface area contributed by atoms with E-state index in [0.717, 1.165) is 88.4 Å². The van der Waals surface area contributed by atoms with Crippen molar-refractivity contribution in [2.24, 2.45) is 5.41 Å². The van der Waals surface area contributed by atoms with Crippen LogP contribution in [0.25, 0.3) is 0 Å². The van der Waals surface area contributed by atoms with Crippen LogP contribution < -0.4 is 15.0 Å². The number of unbranched alkanes of at least 4 members (excludes halogenated alkanes) is 2. The summed E-state index contributed by atoms with van der Waals surface area (Å²) in [6.45, 7) is 10.6. The molecule has 1 N–H and O–H groups in total. The molecular formula is C31H46N2O3. The van der Waals surface area contributed by atoms with Crippen molar-refractivity contribution in [1.29, 1.82) is 0 Å². The third-order valence-electron chi connectivity index (χ3n) is 7.57. The van der Waals surface area contributed by atoms with E-state index in [2.05, 4.69) is 67.4 Å². The van der Waals surface area contributed by atoms with Gasteiger partial charge < -0.3 is 19.7 Å². The Labute approximate surface area is 218 Å². The monoisotopic (exact) mass is 494 g/mol. The molecule has 0 aliphatic carbocycles. The molecule has 198 valence electrons. The number of rotatable bonds is 15. The fraction of sp³-hybridized carbons (Fsp3) is 0.581. The minimum Gasteiger partial charge on any atom is -0.494 e. The smallest absolute Gasteiger partial charge is 0.170 e. The van der Waals surface area contributed by atoms with Crippen LogP contribution in [0.2, 0.25) is 0 Å². The number of benzene rings is 2. The van der Waals surface area contributed by atoms with Crippen molar-refractivity contribution in [3.63, 3.8) is 0 Å². The number of hydrogen-bond donors (Lipinski definition) is 1. The number of ketones is 1. The third-order valence-corrected chi connectivity index (χ3v) is 7.57. The molecule has 1 heterocycles. The predicted octanol–water partition coefficient (Wildman–Crippen LogP) is 6.30. The van der Waals surface area contributed by atoms with Crippen molar-refractivity contribution in [3.8, 4) is 5.75 Å². The second kappa shape index (κ2) is 14.4. The highest BCUT2D eigenvalue weighted by atomic mass is 16.5. The average molecular weight is 495 g/mol. The van der Waals surface area contributed by atoms with E-state index in [1.54, 1.807) is 0 Å². The maximum absolute atomic E-state index is 14.4. The number of carbonyl (C=O) groups is 1. The second-order valence-corrected chi connectivity index (χ2v) is 10.0. The molecule has 1 saturated heterocycles. The summed E-state index contributed by atoms with van der Waals surface area (Å²) in [5.74, 6) is 1.14. The van der Waals surface area contributed by atoms with Crippen LogP contribution in [-0.4, -0.2) is 51.8 Å². The van der Waals surface area contributed by atoms with Gasteiger partial charge in [0.25, 0.3) is 0 Å². The summed E-state index contributed by atoms with van der Waals surface area (Å²) in [6, 6.07) is 16.7. The van der Waals surface area contributed by atoms with E-state index in [1.807, 2.05) is 19.2 Å². The number of carbonyl (C=O) groups excluding carboxylic acids is 1. The summed E-state index contributed by atoms with van der Waals surface area (Å²) < 4.78 is 11.4. The lowest BCUT2D eigenvalue weighted by atomic mass is 9.66. The van der Waals surface area contributed by atoms with Gasteiger partial charge in [0.2, 0.25) is 0 Å². The number of nitrogens with zero attached hydrogens (tertiary/aromatic N) is 1. The maximum atomic E-state index is 14.4. The third kappa shape index (κ3) is 7.10. The van der Waals surface area contributed by atoms with E-state index in [9.17, 15) is 4.79 Å². The van der Waals surface area contributed by atoms with E-state index in [1.165, 1.54) is 5.56 Å². The molecule has 0 saturated carbocycles. The molecule has 2 aromatic carbocycles. The van der Waals surface area contributed by atoms with Crippen LogP contribution in [0.15, 0.2) is 48.5 Å². The topological polar surface area (TPSA) is 50.8 Å². The molecule has 0 bridgehead atoms. The van der Waals surface area contributed by atoms with Crippen LogP contribution in [0.1, 0.15) is 75.2 Å². The van der Waals surface area contributed by atoms with Crippen molar-refractivity contribution in [1.82, 2.24) is 5.32 Å². The number of Topliss-reactive ketones (excluding diaryl/α,β-unsaturated/α-hetero) is 1. The number of morpholine rings is 1. The molecule has 1 aliphatic rings. The standard InChI is InChI=1S/C31H46N2O3/c1-5-8-18-31(29(7-3)32-4,24-25-10-16-28(17-11-25)36-21-9-6-2)30(34)26-12-14-27(15-13-26)33-19-22-35-23-20-33/h10-17,29,32H,5-9,18-24H2,1-4H3. The Morgan fingerprint density at radius 1 is 1.00 bits per heavy atom. The van der Waals surface area contributed by atoms with Crippen LogP contribution in [-0.2, 0) is 11.2 Å². The molecule has 36 heavy (non-hydrogen) atoms. The van der Waals surface area contributed by atoms with E-state index in [4.69, 9.17) is 9.47 Å². The van der Waals surface area contributed by atoms with Crippen LogP contribution in [0.5, 0.6) is 5.75 Å². The Bertz CT molecular complexity index is 902. The first-order chi connectivity index (χ1) is 17.6. The lowest BCUT2D eigenvalue weighted by Crippen LogP contribution is -2.50. The summed E-state index contributed by atoms with van der Waals surface area (Å²) in [6.07, 6.45) is 6.74. The van der Waals surface area contributed by atoms with Crippen molar-refractivity contribution < 1.29 is 14.3 Å². The van der Waals surface area contributed by atoms with Gasteiger partial charge in [-0.2, -0.15) is 0 Å². The SMILES string of the molecule is CCCCOc1ccc(CC(CCCC)(C(=O)c2ccc(N3CCOCC3)cc2)C(CC)NC)cc1. The van der Waals surface area contributed by atoms with Crippen LogP contribution in [0.3, 0.4) is 0 Å². The van der Waals surface area contributed by atoms with Crippen molar-refractivity contribution in [2.45, 2.75) is 71.8 Å². The molecule has 3 rings (SSSR count). The van der Waals surface area contributed by atoms with E-state index < -0.39 is 5.41 Å². The van der Waals surface area contributed by atoms with Crippen LogP contribution in [0, 0.1) is 5.41 Å². The summed E-state index contributed by atoms with van der Waals surface area (Å²) in [5.41, 5.74) is 2.63. The average Bonchev–Trinajstić information content (AvgIpc) is 2.93. The number of anilines is 1. The summed E-state index contributed by atoms with van der Waals surface area (Å²) >= 11 is 0. The van der Waals surface area contributed by atoms with Gasteiger partial charge in [-0.25, -0.2) is 0 Å². The molecule has 2 atom stereocenters. The molecule has 0 spiro atoms. The van der Waals surface area contributed by atoms with Gasteiger partial charge in [0, 0.05) is 30.4 Å². The zero-order valence-electron chi connectivity index (χ0n) is 22.9. The minimum atomic E-state index is -0.509. The van der Waals surface area contributed by atoms with Crippen molar-refractivity contribution >= 4 is 11.5 Å². The highest BCUT2D eigenvalue weighted by molar-refractivity contribution is 6.01. The Morgan fingerprint density at radius 2 is 1.67 bits per heavy atom. The lowest BCUT2D eigenvalue weighted by molar-refractivity contribution is 0.0681. The van der Waals surface area contributed by atoms with Crippen LogP contribution >= 0.6 is 0 Å². The van der Waals surface area contributed by atoms with Gasteiger partial charge in [-0.05, 0) is 74.7 Å². The molecule has 0 radical (unpaired) electrons. The van der Waals surface area contributed by atoms with E-state index >= 15 is 0 Å². The number of nitrogens with one attached hydrogen (secondary N) is 1. The van der Waals surface area contributed by atoms with Gasteiger partial charge in [-0.1, -0.05) is 52.2 Å². The molecule has 5 heteroatoms. The predicted molar refractivity (Wildman–Crippen MR) is 149 cm³/mol.